The number of halogens is 2. The molecule has 0 aliphatic carbocycles. The lowest BCUT2D eigenvalue weighted by Crippen LogP contribution is -2.23. The van der Waals surface area contributed by atoms with E-state index in [1.165, 1.54) is 6.07 Å². The van der Waals surface area contributed by atoms with Gasteiger partial charge in [-0.2, -0.15) is 0 Å². The van der Waals surface area contributed by atoms with Gasteiger partial charge in [0, 0.05) is 10.5 Å². The average Bonchev–Trinajstić information content (AvgIpc) is 2.26. The van der Waals surface area contributed by atoms with E-state index in [1.54, 1.807) is 11.5 Å². The Bertz CT molecular complexity index is 592. The summed E-state index contributed by atoms with van der Waals surface area (Å²) in [5, 5.41) is 0.236. The molecule has 88 valence electrons. The quantitative estimate of drug-likeness (QED) is 0.799. The monoisotopic (exact) mass is 312 g/mol. The van der Waals surface area contributed by atoms with Crippen molar-refractivity contribution in [2.24, 2.45) is 0 Å². The first-order valence-corrected chi connectivity index (χ1v) is 6.22. The standard InChI is InChI=1S/C12H10BrClN2O/c1-8-15-11(14)6-12(17)16(8)7-9-2-4-10(13)5-3-9/h2-6H,7H2,1H3. The lowest BCUT2D eigenvalue weighted by atomic mass is 10.2. The predicted octanol–water partition coefficient (Wildman–Crippen LogP) is 3.02. The highest BCUT2D eigenvalue weighted by atomic mass is 79.9. The molecule has 0 N–H and O–H groups in total. The number of hydrogen-bond donors (Lipinski definition) is 0. The van der Waals surface area contributed by atoms with E-state index in [1.807, 2.05) is 24.3 Å². The molecular formula is C12H10BrClN2O. The molecule has 0 fully saturated rings. The molecule has 0 aliphatic rings. The van der Waals surface area contributed by atoms with Crippen molar-refractivity contribution in [1.29, 1.82) is 0 Å². The maximum Gasteiger partial charge on any atom is 0.255 e. The van der Waals surface area contributed by atoms with Crippen LogP contribution in [0.5, 0.6) is 0 Å². The zero-order valence-electron chi connectivity index (χ0n) is 9.15. The summed E-state index contributed by atoms with van der Waals surface area (Å²) in [5.41, 5.74) is 0.910. The summed E-state index contributed by atoms with van der Waals surface area (Å²) in [5.74, 6) is 0.616. The van der Waals surface area contributed by atoms with Gasteiger partial charge in [-0.1, -0.05) is 39.7 Å². The van der Waals surface area contributed by atoms with Crippen molar-refractivity contribution in [3.05, 3.63) is 61.7 Å². The molecular weight excluding hydrogens is 304 g/mol. The molecule has 0 spiro atoms. The zero-order valence-corrected chi connectivity index (χ0v) is 11.5. The summed E-state index contributed by atoms with van der Waals surface area (Å²) in [6.07, 6.45) is 0. The van der Waals surface area contributed by atoms with Gasteiger partial charge in [-0.15, -0.1) is 0 Å². The van der Waals surface area contributed by atoms with Crippen LogP contribution >= 0.6 is 27.5 Å². The first-order chi connectivity index (χ1) is 8.06. The van der Waals surface area contributed by atoms with Crippen LogP contribution in [0.3, 0.4) is 0 Å². The highest BCUT2D eigenvalue weighted by Crippen LogP contribution is 2.11. The highest BCUT2D eigenvalue weighted by molar-refractivity contribution is 9.10. The third-order valence-electron chi connectivity index (χ3n) is 2.42. The molecule has 17 heavy (non-hydrogen) atoms. The molecule has 2 rings (SSSR count). The van der Waals surface area contributed by atoms with Crippen LogP contribution in [0.2, 0.25) is 5.15 Å². The van der Waals surface area contributed by atoms with Gasteiger partial charge in [-0.3, -0.25) is 9.36 Å². The van der Waals surface area contributed by atoms with Crippen molar-refractivity contribution >= 4 is 27.5 Å². The topological polar surface area (TPSA) is 34.9 Å². The Morgan fingerprint density at radius 3 is 2.59 bits per heavy atom. The maximum atomic E-state index is 11.8. The Kier molecular flexibility index (Phi) is 3.64. The van der Waals surface area contributed by atoms with E-state index in [0.717, 1.165) is 10.0 Å². The van der Waals surface area contributed by atoms with Gasteiger partial charge in [-0.05, 0) is 24.6 Å². The van der Waals surface area contributed by atoms with Crippen molar-refractivity contribution in [2.75, 3.05) is 0 Å². The fourth-order valence-electron chi connectivity index (χ4n) is 1.55. The molecule has 1 heterocycles. The van der Waals surface area contributed by atoms with E-state index in [9.17, 15) is 4.79 Å². The smallest absolute Gasteiger partial charge is 0.255 e. The molecule has 0 bridgehead atoms. The minimum Gasteiger partial charge on any atom is -0.292 e. The van der Waals surface area contributed by atoms with Gasteiger partial charge in [0.2, 0.25) is 0 Å². The lowest BCUT2D eigenvalue weighted by Gasteiger charge is -2.09. The molecule has 0 radical (unpaired) electrons. The number of rotatable bonds is 2. The summed E-state index contributed by atoms with van der Waals surface area (Å²) >= 11 is 9.09. The van der Waals surface area contributed by atoms with E-state index in [4.69, 9.17) is 11.6 Å². The maximum absolute atomic E-state index is 11.8. The van der Waals surface area contributed by atoms with Gasteiger partial charge >= 0.3 is 0 Å². The molecule has 0 saturated heterocycles. The second kappa shape index (κ2) is 5.02. The number of aromatic nitrogens is 2. The van der Waals surface area contributed by atoms with Crippen LogP contribution in [0, 0.1) is 6.92 Å². The van der Waals surface area contributed by atoms with Gasteiger partial charge in [0.1, 0.15) is 11.0 Å². The number of hydrogen-bond acceptors (Lipinski definition) is 2. The number of nitrogens with zero attached hydrogens (tertiary/aromatic N) is 2. The SMILES string of the molecule is Cc1nc(Cl)cc(=O)n1Cc1ccc(Br)cc1. The van der Waals surface area contributed by atoms with Crippen LogP contribution in [-0.4, -0.2) is 9.55 Å². The van der Waals surface area contributed by atoms with Crippen molar-refractivity contribution in [1.82, 2.24) is 9.55 Å². The summed E-state index contributed by atoms with van der Waals surface area (Å²) in [4.78, 5) is 15.8. The summed E-state index contributed by atoms with van der Waals surface area (Å²) in [6.45, 7) is 2.27. The predicted molar refractivity (Wildman–Crippen MR) is 71.5 cm³/mol. The largest absolute Gasteiger partial charge is 0.292 e. The van der Waals surface area contributed by atoms with Crippen LogP contribution in [0.25, 0.3) is 0 Å². The molecule has 1 aromatic heterocycles. The van der Waals surface area contributed by atoms with Gasteiger partial charge < -0.3 is 0 Å². The van der Waals surface area contributed by atoms with E-state index in [0.29, 0.717) is 12.4 Å². The van der Waals surface area contributed by atoms with Crippen LogP contribution in [-0.2, 0) is 6.54 Å². The molecule has 0 atom stereocenters. The molecule has 0 saturated carbocycles. The van der Waals surface area contributed by atoms with Crippen molar-refractivity contribution < 1.29 is 0 Å². The molecule has 5 heteroatoms. The highest BCUT2D eigenvalue weighted by Gasteiger charge is 2.04. The Labute approximate surface area is 112 Å². The van der Waals surface area contributed by atoms with Crippen molar-refractivity contribution in [3.63, 3.8) is 0 Å². The normalized spacial score (nSPS) is 10.5. The summed E-state index contributed by atoms with van der Waals surface area (Å²) in [7, 11) is 0. The number of benzene rings is 1. The Morgan fingerprint density at radius 1 is 1.35 bits per heavy atom. The zero-order chi connectivity index (χ0) is 12.4. The average molecular weight is 314 g/mol. The van der Waals surface area contributed by atoms with Gasteiger partial charge in [0.25, 0.3) is 5.56 Å². The fourth-order valence-corrected chi connectivity index (χ4v) is 2.03. The van der Waals surface area contributed by atoms with Gasteiger partial charge in [0.15, 0.2) is 0 Å². The molecule has 0 amide bonds. The third-order valence-corrected chi connectivity index (χ3v) is 3.14. The molecule has 3 nitrogen and oxygen atoms in total. The van der Waals surface area contributed by atoms with Crippen molar-refractivity contribution in [2.45, 2.75) is 13.5 Å². The summed E-state index contributed by atoms with van der Waals surface area (Å²) in [6, 6.07) is 9.14. The molecule has 1 aromatic carbocycles. The Hall–Kier alpha value is -1.13. The minimum absolute atomic E-state index is 0.134. The second-order valence-corrected chi connectivity index (χ2v) is 4.98. The number of aryl methyl sites for hydroxylation is 1. The minimum atomic E-state index is -0.134. The van der Waals surface area contributed by atoms with E-state index < -0.39 is 0 Å². The summed E-state index contributed by atoms with van der Waals surface area (Å²) < 4.78 is 2.61. The van der Waals surface area contributed by atoms with Crippen LogP contribution in [0.4, 0.5) is 0 Å². The van der Waals surface area contributed by atoms with E-state index >= 15 is 0 Å². The Morgan fingerprint density at radius 2 is 2.00 bits per heavy atom. The first-order valence-electron chi connectivity index (χ1n) is 5.05. The first kappa shape index (κ1) is 12.3. The van der Waals surface area contributed by atoms with Gasteiger partial charge in [0.05, 0.1) is 6.54 Å². The second-order valence-electron chi connectivity index (χ2n) is 3.68. The van der Waals surface area contributed by atoms with E-state index in [-0.39, 0.29) is 10.7 Å². The molecule has 0 unspecified atom stereocenters. The Balaban J connectivity index is 2.36. The van der Waals surface area contributed by atoms with Crippen LogP contribution in [0.1, 0.15) is 11.4 Å². The third kappa shape index (κ3) is 2.96. The van der Waals surface area contributed by atoms with Crippen LogP contribution < -0.4 is 5.56 Å². The lowest BCUT2D eigenvalue weighted by molar-refractivity contribution is 0.700. The fraction of sp³-hybridized carbons (Fsp3) is 0.167. The van der Waals surface area contributed by atoms with Gasteiger partial charge in [-0.25, -0.2) is 4.98 Å². The van der Waals surface area contributed by atoms with Crippen LogP contribution in [0.15, 0.2) is 39.6 Å². The molecule has 2 aromatic rings. The van der Waals surface area contributed by atoms with Crippen molar-refractivity contribution in [3.8, 4) is 0 Å². The van der Waals surface area contributed by atoms with E-state index in [2.05, 4.69) is 20.9 Å². The molecule has 0 aliphatic heterocycles.